The van der Waals surface area contributed by atoms with Crippen LogP contribution in [0.3, 0.4) is 0 Å². The predicted molar refractivity (Wildman–Crippen MR) is 166 cm³/mol. The van der Waals surface area contributed by atoms with Crippen molar-refractivity contribution in [2.75, 3.05) is 13.1 Å². The van der Waals surface area contributed by atoms with Gasteiger partial charge >= 0.3 is 0 Å². The van der Waals surface area contributed by atoms with E-state index in [-0.39, 0.29) is 49.1 Å². The van der Waals surface area contributed by atoms with Crippen molar-refractivity contribution in [1.29, 1.82) is 0 Å². The van der Waals surface area contributed by atoms with Crippen molar-refractivity contribution in [1.82, 2.24) is 20.5 Å². The standard InChI is InChI=1S/C30H45N5O4S.ClH/c1-19(21-11-13-22(14-12-21)26-20(2)32-18-40-26)33-28(38)24-16-23(36)17-35(24)29(39)27(30(3,4)5)34-25(37)10-8-6-7-9-15-31;/h11-14,18-19,23-24,27,36H,6-10,15-17,31H2,1-5H3,(H,33,38)(H,34,37);1H/t19?,23-,24+,27?;/m1./s1. The minimum atomic E-state index is -0.818. The second-order valence-corrected chi connectivity index (χ2v) is 12.7. The van der Waals surface area contributed by atoms with Crippen molar-refractivity contribution in [2.24, 2.45) is 11.1 Å². The van der Waals surface area contributed by atoms with Crippen LogP contribution < -0.4 is 16.4 Å². The average Bonchev–Trinajstić information content (AvgIpc) is 3.51. The van der Waals surface area contributed by atoms with Crippen LogP contribution in [0.2, 0.25) is 0 Å². The summed E-state index contributed by atoms with van der Waals surface area (Å²) >= 11 is 1.59. The number of nitrogens with zero attached hydrogens (tertiary/aromatic N) is 2. The van der Waals surface area contributed by atoms with Gasteiger partial charge in [0.05, 0.1) is 28.2 Å². The first-order valence-electron chi connectivity index (χ1n) is 14.2. The highest BCUT2D eigenvalue weighted by molar-refractivity contribution is 7.13. The van der Waals surface area contributed by atoms with Crippen LogP contribution in [0, 0.1) is 12.3 Å². The number of β-amino-alcohol motifs (C(OH)–C–C–N with tert-alkyl or cyclic N) is 1. The smallest absolute Gasteiger partial charge is 0.246 e. The van der Waals surface area contributed by atoms with E-state index in [1.165, 1.54) is 4.90 Å². The molecular formula is C30H46ClN5O4S. The number of amides is 3. The first kappa shape index (κ1) is 34.7. The Kier molecular flexibility index (Phi) is 13.2. The number of carbonyl (C=O) groups excluding carboxylic acids is 3. The van der Waals surface area contributed by atoms with Crippen LogP contribution in [0.4, 0.5) is 0 Å². The number of aryl methyl sites for hydroxylation is 1. The van der Waals surface area contributed by atoms with Crippen molar-refractivity contribution in [3.8, 4) is 10.4 Å². The number of hydrogen-bond donors (Lipinski definition) is 4. The number of likely N-dealkylation sites (tertiary alicyclic amines) is 1. The summed E-state index contributed by atoms with van der Waals surface area (Å²) in [6, 6.07) is 6.06. The quantitative estimate of drug-likeness (QED) is 0.268. The van der Waals surface area contributed by atoms with Gasteiger partial charge < -0.3 is 26.4 Å². The normalized spacial score (nSPS) is 18.4. The average molecular weight is 608 g/mol. The summed E-state index contributed by atoms with van der Waals surface area (Å²) in [7, 11) is 0. The summed E-state index contributed by atoms with van der Waals surface area (Å²) in [4.78, 5) is 46.7. The molecule has 4 atom stereocenters. The molecule has 1 aromatic heterocycles. The maximum Gasteiger partial charge on any atom is 0.246 e. The van der Waals surface area contributed by atoms with E-state index in [9.17, 15) is 19.5 Å². The molecule has 3 amide bonds. The first-order chi connectivity index (χ1) is 18.9. The minimum Gasteiger partial charge on any atom is -0.391 e. The Morgan fingerprint density at radius 1 is 1.12 bits per heavy atom. The van der Waals surface area contributed by atoms with Gasteiger partial charge in [0.25, 0.3) is 0 Å². The monoisotopic (exact) mass is 607 g/mol. The Labute approximate surface area is 254 Å². The largest absolute Gasteiger partial charge is 0.391 e. The fraction of sp³-hybridized carbons (Fsp3) is 0.600. The molecule has 1 saturated heterocycles. The van der Waals surface area contributed by atoms with Crippen LogP contribution >= 0.6 is 23.7 Å². The van der Waals surface area contributed by atoms with Gasteiger partial charge in [-0.05, 0) is 49.8 Å². The third-order valence-corrected chi connectivity index (χ3v) is 8.40. The first-order valence-corrected chi connectivity index (χ1v) is 15.1. The van der Waals surface area contributed by atoms with Gasteiger partial charge in [0.15, 0.2) is 0 Å². The summed E-state index contributed by atoms with van der Waals surface area (Å²) < 4.78 is 0. The molecule has 3 rings (SSSR count). The molecule has 9 nitrogen and oxygen atoms in total. The third kappa shape index (κ3) is 9.49. The zero-order chi connectivity index (χ0) is 29.4. The van der Waals surface area contributed by atoms with Crippen molar-refractivity contribution >= 4 is 41.5 Å². The van der Waals surface area contributed by atoms with E-state index in [0.717, 1.165) is 47.4 Å². The minimum absolute atomic E-state index is 0. The summed E-state index contributed by atoms with van der Waals surface area (Å²) in [6.45, 7) is 10.2. The molecule has 1 aliphatic heterocycles. The molecule has 11 heteroatoms. The van der Waals surface area contributed by atoms with Gasteiger partial charge in [-0.3, -0.25) is 14.4 Å². The lowest BCUT2D eigenvalue weighted by Gasteiger charge is -2.35. The van der Waals surface area contributed by atoms with Crippen LogP contribution in [0.5, 0.6) is 0 Å². The summed E-state index contributed by atoms with van der Waals surface area (Å²) in [5.74, 6) is -0.858. The molecule has 0 aliphatic carbocycles. The molecule has 1 aromatic carbocycles. The molecular weight excluding hydrogens is 562 g/mol. The lowest BCUT2D eigenvalue weighted by atomic mass is 9.85. The third-order valence-electron chi connectivity index (χ3n) is 7.42. The number of benzene rings is 1. The SMILES string of the molecule is Cc1ncsc1-c1ccc(C(C)NC(=O)[C@@H]2C[C@@H](O)CN2C(=O)C(NC(=O)CCCCCCN)C(C)(C)C)cc1.Cl. The Bertz CT molecular complexity index is 1150. The highest BCUT2D eigenvalue weighted by atomic mass is 35.5. The molecule has 1 fully saturated rings. The molecule has 5 N–H and O–H groups in total. The molecule has 0 radical (unpaired) electrons. The van der Waals surface area contributed by atoms with Crippen LogP contribution in [-0.4, -0.2) is 64.0 Å². The van der Waals surface area contributed by atoms with E-state index in [1.807, 2.05) is 64.4 Å². The zero-order valence-corrected chi connectivity index (χ0v) is 26.4. The molecule has 2 heterocycles. The van der Waals surface area contributed by atoms with E-state index < -0.39 is 23.6 Å². The second kappa shape index (κ2) is 15.6. The Balaban J connectivity index is 0.00000588. The van der Waals surface area contributed by atoms with E-state index in [1.54, 1.807) is 11.3 Å². The van der Waals surface area contributed by atoms with Gasteiger partial charge in [0, 0.05) is 19.4 Å². The Morgan fingerprint density at radius 3 is 2.37 bits per heavy atom. The van der Waals surface area contributed by atoms with E-state index in [0.29, 0.717) is 13.0 Å². The number of rotatable bonds is 12. The van der Waals surface area contributed by atoms with Gasteiger partial charge in [-0.1, -0.05) is 57.9 Å². The lowest BCUT2D eigenvalue weighted by molar-refractivity contribution is -0.144. The summed E-state index contributed by atoms with van der Waals surface area (Å²) in [5, 5.41) is 16.4. The van der Waals surface area contributed by atoms with Crippen LogP contribution in [0.1, 0.15) is 83.5 Å². The van der Waals surface area contributed by atoms with Crippen molar-refractivity contribution in [2.45, 2.75) is 97.4 Å². The number of aliphatic hydroxyl groups is 1. The van der Waals surface area contributed by atoms with Crippen molar-refractivity contribution in [3.05, 3.63) is 41.0 Å². The van der Waals surface area contributed by atoms with Crippen molar-refractivity contribution < 1.29 is 19.5 Å². The van der Waals surface area contributed by atoms with E-state index >= 15 is 0 Å². The molecule has 2 unspecified atom stereocenters. The van der Waals surface area contributed by atoms with Gasteiger partial charge in [-0.2, -0.15) is 0 Å². The molecule has 1 aliphatic rings. The Hall–Kier alpha value is -2.53. The van der Waals surface area contributed by atoms with Crippen LogP contribution in [-0.2, 0) is 14.4 Å². The number of thiazole rings is 1. The number of halogens is 1. The number of carbonyl (C=O) groups is 3. The predicted octanol–water partition coefficient (Wildman–Crippen LogP) is 4.12. The fourth-order valence-electron chi connectivity index (χ4n) is 5.03. The van der Waals surface area contributed by atoms with E-state index in [4.69, 9.17) is 5.73 Å². The van der Waals surface area contributed by atoms with Gasteiger partial charge in [0.2, 0.25) is 17.7 Å². The highest BCUT2D eigenvalue weighted by Gasteiger charge is 2.44. The number of nitrogens with one attached hydrogen (secondary N) is 2. The van der Waals surface area contributed by atoms with Crippen LogP contribution in [0.25, 0.3) is 10.4 Å². The molecule has 0 saturated carbocycles. The molecule has 41 heavy (non-hydrogen) atoms. The summed E-state index contributed by atoms with van der Waals surface area (Å²) in [6.07, 6.45) is 3.22. The molecule has 228 valence electrons. The maximum atomic E-state index is 13.7. The lowest BCUT2D eigenvalue weighted by Crippen LogP contribution is -2.57. The Morgan fingerprint density at radius 2 is 1.78 bits per heavy atom. The number of nitrogens with two attached hydrogens (primary N) is 1. The zero-order valence-electron chi connectivity index (χ0n) is 24.8. The van der Waals surface area contributed by atoms with E-state index in [2.05, 4.69) is 15.6 Å². The summed E-state index contributed by atoms with van der Waals surface area (Å²) in [5.41, 5.74) is 9.77. The van der Waals surface area contributed by atoms with Gasteiger partial charge in [-0.25, -0.2) is 4.98 Å². The molecule has 0 spiro atoms. The maximum absolute atomic E-state index is 13.7. The van der Waals surface area contributed by atoms with Crippen molar-refractivity contribution in [3.63, 3.8) is 0 Å². The van der Waals surface area contributed by atoms with Crippen LogP contribution in [0.15, 0.2) is 29.8 Å². The number of aromatic nitrogens is 1. The molecule has 0 bridgehead atoms. The second-order valence-electron chi connectivity index (χ2n) is 11.8. The number of unbranched alkanes of at least 4 members (excludes halogenated alkanes) is 3. The topological polar surface area (TPSA) is 138 Å². The number of hydrogen-bond acceptors (Lipinski definition) is 7. The number of aliphatic hydroxyl groups excluding tert-OH is 1. The molecule has 2 aromatic rings. The van der Waals surface area contributed by atoms with Gasteiger partial charge in [-0.15, -0.1) is 23.7 Å². The van der Waals surface area contributed by atoms with Gasteiger partial charge in [0.1, 0.15) is 12.1 Å². The highest BCUT2D eigenvalue weighted by Crippen LogP contribution is 2.29. The fourth-order valence-corrected chi connectivity index (χ4v) is 5.84.